The van der Waals surface area contributed by atoms with E-state index in [0.29, 0.717) is 18.6 Å². The van der Waals surface area contributed by atoms with E-state index in [0.717, 1.165) is 27.7 Å². The van der Waals surface area contributed by atoms with Gasteiger partial charge in [0.15, 0.2) is 0 Å². The first-order valence-corrected chi connectivity index (χ1v) is 11.0. The van der Waals surface area contributed by atoms with E-state index in [2.05, 4.69) is 14.7 Å². The zero-order valence-corrected chi connectivity index (χ0v) is 16.6. The number of benzene rings is 1. The average molecular weight is 409 g/mol. The lowest BCUT2D eigenvalue weighted by Gasteiger charge is -2.39. The third-order valence-electron chi connectivity index (χ3n) is 5.64. The second-order valence-corrected chi connectivity index (χ2v) is 9.38. The van der Waals surface area contributed by atoms with E-state index in [1.165, 1.54) is 0 Å². The van der Waals surface area contributed by atoms with Crippen LogP contribution in [0.4, 0.5) is 0 Å². The zero-order valence-electron chi connectivity index (χ0n) is 15.8. The molecular formula is C20H20BN3O4S. The molecule has 0 saturated heterocycles. The van der Waals surface area contributed by atoms with E-state index in [-0.39, 0.29) is 16.9 Å². The van der Waals surface area contributed by atoms with Crippen LogP contribution in [0, 0.1) is 12.8 Å². The first kappa shape index (κ1) is 18.4. The SMILES string of the molecule is Cc1ccc(S(=O)(=O)N[C@H]2C[C@@H](C3=CB(O)Oc4cnc5[nH]ccc5c43)C2)cc1. The molecule has 0 unspecified atom stereocenters. The number of nitrogens with zero attached hydrogens (tertiary/aromatic N) is 1. The largest absolute Gasteiger partial charge is 0.552 e. The summed E-state index contributed by atoms with van der Waals surface area (Å²) >= 11 is 0. The van der Waals surface area contributed by atoms with Crippen molar-refractivity contribution in [2.45, 2.75) is 30.7 Å². The summed E-state index contributed by atoms with van der Waals surface area (Å²) in [5.41, 5.74) is 3.68. The van der Waals surface area contributed by atoms with Crippen molar-refractivity contribution in [2.24, 2.45) is 5.92 Å². The van der Waals surface area contributed by atoms with Crippen molar-refractivity contribution in [3.63, 3.8) is 0 Å². The number of pyridine rings is 1. The Kier molecular flexibility index (Phi) is 4.27. The number of sulfonamides is 1. The Labute approximate surface area is 169 Å². The lowest BCUT2D eigenvalue weighted by Crippen LogP contribution is -2.45. The number of hydrogen-bond acceptors (Lipinski definition) is 5. The normalized spacial score (nSPS) is 21.3. The second-order valence-electron chi connectivity index (χ2n) is 7.67. The molecule has 29 heavy (non-hydrogen) atoms. The fourth-order valence-electron chi connectivity index (χ4n) is 4.09. The first-order chi connectivity index (χ1) is 13.9. The van der Waals surface area contributed by atoms with E-state index in [4.69, 9.17) is 4.65 Å². The third-order valence-corrected chi connectivity index (χ3v) is 7.18. The van der Waals surface area contributed by atoms with E-state index >= 15 is 0 Å². The summed E-state index contributed by atoms with van der Waals surface area (Å²) in [5, 5.41) is 11.0. The minimum absolute atomic E-state index is 0.138. The van der Waals surface area contributed by atoms with Gasteiger partial charge in [0.05, 0.1) is 11.1 Å². The van der Waals surface area contributed by atoms with E-state index in [9.17, 15) is 13.4 Å². The summed E-state index contributed by atoms with van der Waals surface area (Å²) in [6.45, 7) is 1.92. The molecule has 148 valence electrons. The minimum atomic E-state index is -3.55. The van der Waals surface area contributed by atoms with Crippen molar-refractivity contribution in [2.75, 3.05) is 0 Å². The van der Waals surface area contributed by atoms with Gasteiger partial charge in [-0.25, -0.2) is 18.1 Å². The Bertz CT molecular complexity index is 1210. The summed E-state index contributed by atoms with van der Waals surface area (Å²) in [6.07, 6.45) is 4.76. The van der Waals surface area contributed by atoms with E-state index in [1.54, 1.807) is 36.4 Å². The molecule has 1 fully saturated rings. The summed E-state index contributed by atoms with van der Waals surface area (Å²) in [4.78, 5) is 7.69. The van der Waals surface area contributed by atoms with Crippen LogP contribution in [-0.4, -0.2) is 36.6 Å². The van der Waals surface area contributed by atoms with Crippen LogP contribution in [0.3, 0.4) is 0 Å². The third kappa shape index (κ3) is 3.25. The molecule has 3 N–H and O–H groups in total. The number of aromatic nitrogens is 2. The van der Waals surface area contributed by atoms with Gasteiger partial charge in [-0.1, -0.05) is 17.7 Å². The van der Waals surface area contributed by atoms with Gasteiger partial charge in [0.25, 0.3) is 0 Å². The second kappa shape index (κ2) is 6.72. The quantitative estimate of drug-likeness (QED) is 0.575. The molecular weight excluding hydrogens is 389 g/mol. The predicted molar refractivity (Wildman–Crippen MR) is 111 cm³/mol. The molecule has 2 aliphatic rings. The number of aryl methyl sites for hydroxylation is 1. The molecule has 0 bridgehead atoms. The Hall–Kier alpha value is -2.62. The van der Waals surface area contributed by atoms with Crippen LogP contribution in [-0.2, 0) is 10.0 Å². The van der Waals surface area contributed by atoms with Crippen molar-refractivity contribution >= 4 is 33.7 Å². The molecule has 0 spiro atoms. The maximum atomic E-state index is 12.6. The number of H-pyrrole nitrogens is 1. The lowest BCUT2D eigenvalue weighted by atomic mass is 9.68. The van der Waals surface area contributed by atoms with Crippen LogP contribution in [0.15, 0.2) is 53.6 Å². The van der Waals surface area contributed by atoms with Crippen molar-refractivity contribution in [3.8, 4) is 5.75 Å². The van der Waals surface area contributed by atoms with Gasteiger partial charge in [-0.2, -0.15) is 0 Å². The Morgan fingerprint density at radius 3 is 2.76 bits per heavy atom. The monoisotopic (exact) mass is 409 g/mol. The number of allylic oxidation sites excluding steroid dienone is 1. The van der Waals surface area contributed by atoms with Crippen LogP contribution in [0.5, 0.6) is 5.75 Å². The Morgan fingerprint density at radius 2 is 2.00 bits per heavy atom. The molecule has 5 rings (SSSR count). The van der Waals surface area contributed by atoms with Gasteiger partial charge in [-0.05, 0) is 55.4 Å². The molecule has 1 aliphatic heterocycles. The molecule has 0 radical (unpaired) electrons. The van der Waals surface area contributed by atoms with Gasteiger partial charge in [0.1, 0.15) is 11.4 Å². The Balaban J connectivity index is 1.36. The minimum Gasteiger partial charge on any atom is -0.531 e. The van der Waals surface area contributed by atoms with E-state index in [1.807, 2.05) is 19.2 Å². The summed E-state index contributed by atoms with van der Waals surface area (Å²) in [5.74, 6) is 2.40. The maximum Gasteiger partial charge on any atom is 0.552 e. The van der Waals surface area contributed by atoms with Crippen LogP contribution in [0.25, 0.3) is 16.6 Å². The van der Waals surface area contributed by atoms with E-state index < -0.39 is 17.1 Å². The fourth-order valence-corrected chi connectivity index (χ4v) is 5.35. The number of aromatic amines is 1. The average Bonchev–Trinajstić information content (AvgIpc) is 3.12. The highest BCUT2D eigenvalue weighted by atomic mass is 32.2. The van der Waals surface area contributed by atoms with Crippen molar-refractivity contribution < 1.29 is 18.1 Å². The Morgan fingerprint density at radius 1 is 1.24 bits per heavy atom. The van der Waals surface area contributed by atoms with Gasteiger partial charge in [-0.3, -0.25) is 0 Å². The van der Waals surface area contributed by atoms with Gasteiger partial charge < -0.3 is 14.7 Å². The smallest absolute Gasteiger partial charge is 0.531 e. The fraction of sp³-hybridized carbons (Fsp3) is 0.250. The van der Waals surface area contributed by atoms with Crippen molar-refractivity contribution in [1.29, 1.82) is 0 Å². The lowest BCUT2D eigenvalue weighted by molar-refractivity contribution is 0.308. The van der Waals surface area contributed by atoms with Gasteiger partial charge >= 0.3 is 7.12 Å². The first-order valence-electron chi connectivity index (χ1n) is 9.52. The summed E-state index contributed by atoms with van der Waals surface area (Å²) in [6, 6.07) is 8.62. The molecule has 0 atom stereocenters. The molecule has 2 aromatic heterocycles. The summed E-state index contributed by atoms with van der Waals surface area (Å²) < 4.78 is 33.6. The van der Waals surface area contributed by atoms with Crippen LogP contribution >= 0.6 is 0 Å². The molecule has 3 aromatic rings. The van der Waals surface area contributed by atoms with Crippen LogP contribution < -0.4 is 9.38 Å². The molecule has 9 heteroatoms. The highest BCUT2D eigenvalue weighted by molar-refractivity contribution is 7.89. The molecule has 1 saturated carbocycles. The summed E-state index contributed by atoms with van der Waals surface area (Å²) in [7, 11) is -4.58. The highest BCUT2D eigenvalue weighted by Crippen LogP contribution is 2.46. The predicted octanol–water partition coefficient (Wildman–Crippen LogP) is 2.42. The van der Waals surface area contributed by atoms with Crippen molar-refractivity contribution in [3.05, 3.63) is 59.8 Å². The van der Waals surface area contributed by atoms with Gasteiger partial charge in [0.2, 0.25) is 10.0 Å². The number of nitrogens with one attached hydrogen (secondary N) is 2. The van der Waals surface area contributed by atoms with Crippen LogP contribution in [0.2, 0.25) is 0 Å². The maximum absolute atomic E-state index is 12.6. The van der Waals surface area contributed by atoms with Crippen LogP contribution in [0.1, 0.15) is 24.0 Å². The standard InChI is InChI=1S/C20H20BN3O4S/c1-12-2-4-15(5-3-12)29(26,27)24-14-8-13(9-14)17-10-21(25)28-18-11-23-20-16(19(17)18)6-7-22-20/h2-7,10-11,13-14,24-25H,8-9H2,1H3,(H,22,23)/t13-,14+. The van der Waals surface area contributed by atoms with Gasteiger partial charge in [0, 0.05) is 23.2 Å². The van der Waals surface area contributed by atoms with Crippen molar-refractivity contribution in [1.82, 2.24) is 14.7 Å². The molecule has 3 heterocycles. The molecule has 1 aliphatic carbocycles. The molecule has 7 nitrogen and oxygen atoms in total. The zero-order chi connectivity index (χ0) is 20.2. The van der Waals surface area contributed by atoms with Gasteiger partial charge in [-0.15, -0.1) is 0 Å². The molecule has 0 amide bonds. The number of rotatable bonds is 4. The number of hydrogen-bond donors (Lipinski definition) is 3. The highest BCUT2D eigenvalue weighted by Gasteiger charge is 2.39. The number of fused-ring (bicyclic) bond motifs is 3. The molecule has 1 aromatic carbocycles. The topological polar surface area (TPSA) is 104 Å².